The van der Waals surface area contributed by atoms with Gasteiger partial charge >= 0.3 is 0 Å². The van der Waals surface area contributed by atoms with Gasteiger partial charge in [0.2, 0.25) is 0 Å². The number of rotatable bonds is 7. The van der Waals surface area contributed by atoms with Crippen LogP contribution in [0.4, 0.5) is 0 Å². The molecule has 0 aliphatic rings. The van der Waals surface area contributed by atoms with E-state index in [4.69, 9.17) is 21.1 Å². The Morgan fingerprint density at radius 3 is 2.43 bits per heavy atom. The van der Waals surface area contributed by atoms with Crippen molar-refractivity contribution in [2.24, 2.45) is 0 Å². The Hall–Kier alpha value is -1.46. The fourth-order valence-electron chi connectivity index (χ4n) is 1.90. The lowest BCUT2D eigenvalue weighted by Crippen LogP contribution is -2.43. The van der Waals surface area contributed by atoms with E-state index in [1.54, 1.807) is 13.2 Å². The first-order valence-corrected chi connectivity index (χ1v) is 8.03. The van der Waals surface area contributed by atoms with Gasteiger partial charge in [0.1, 0.15) is 0 Å². The third-order valence-electron chi connectivity index (χ3n) is 2.91. The molecule has 0 aromatic heterocycles. The summed E-state index contributed by atoms with van der Waals surface area (Å²) in [5, 5.41) is 6.72. The maximum atomic E-state index is 11.8. The second-order valence-electron chi connectivity index (χ2n) is 6.72. The van der Waals surface area contributed by atoms with Crippen molar-refractivity contribution < 1.29 is 14.3 Å². The van der Waals surface area contributed by atoms with Crippen LogP contribution in [0.3, 0.4) is 0 Å². The first-order valence-electron chi connectivity index (χ1n) is 7.66. The highest BCUT2D eigenvalue weighted by Crippen LogP contribution is 2.33. The zero-order valence-electron chi connectivity index (χ0n) is 14.7. The molecule has 0 atom stereocenters. The first kappa shape index (κ1) is 19.6. The number of hydrogen-bond donors (Lipinski definition) is 2. The molecule has 1 aromatic rings. The van der Waals surface area contributed by atoms with E-state index in [0.29, 0.717) is 29.1 Å². The molecule has 1 aromatic carbocycles. The van der Waals surface area contributed by atoms with Crippen molar-refractivity contribution in [2.75, 3.05) is 13.7 Å². The molecule has 0 heterocycles. The van der Waals surface area contributed by atoms with Crippen molar-refractivity contribution in [3.05, 3.63) is 22.7 Å². The van der Waals surface area contributed by atoms with Crippen LogP contribution in [0.5, 0.6) is 11.5 Å². The topological polar surface area (TPSA) is 59.6 Å². The van der Waals surface area contributed by atoms with Gasteiger partial charge in [0.25, 0.3) is 5.91 Å². The minimum absolute atomic E-state index is 0.0897. The van der Waals surface area contributed by atoms with Gasteiger partial charge in [-0.25, -0.2) is 0 Å². The minimum Gasteiger partial charge on any atom is -0.493 e. The van der Waals surface area contributed by atoms with Crippen LogP contribution in [0.15, 0.2) is 12.1 Å². The first-order chi connectivity index (χ1) is 10.6. The van der Waals surface area contributed by atoms with E-state index < -0.39 is 0 Å². The number of methoxy groups -OCH3 is 1. The number of carbonyl (C=O) groups excluding carboxylic acids is 1. The van der Waals surface area contributed by atoms with E-state index in [1.807, 2.05) is 26.8 Å². The van der Waals surface area contributed by atoms with Gasteiger partial charge in [-0.15, -0.1) is 0 Å². The van der Waals surface area contributed by atoms with E-state index in [9.17, 15) is 4.79 Å². The molecule has 0 radical (unpaired) electrons. The highest BCUT2D eigenvalue weighted by molar-refractivity contribution is 6.31. The highest BCUT2D eigenvalue weighted by atomic mass is 35.5. The lowest BCUT2D eigenvalue weighted by molar-refractivity contribution is -0.124. The van der Waals surface area contributed by atoms with Crippen molar-refractivity contribution in [3.8, 4) is 11.5 Å². The van der Waals surface area contributed by atoms with E-state index in [1.165, 1.54) is 0 Å². The van der Waals surface area contributed by atoms with Gasteiger partial charge in [-0.3, -0.25) is 4.79 Å². The molecule has 0 spiro atoms. The molecule has 1 rings (SSSR count). The predicted octanol–water partition coefficient (Wildman–Crippen LogP) is 3.14. The van der Waals surface area contributed by atoms with E-state index in [-0.39, 0.29) is 18.1 Å². The monoisotopic (exact) mass is 342 g/mol. The Balaban J connectivity index is 2.79. The molecular formula is C17H27ClN2O3. The molecule has 0 aliphatic carbocycles. The number of halogens is 1. The Labute approximate surface area is 143 Å². The molecule has 0 aliphatic heterocycles. The van der Waals surface area contributed by atoms with Crippen LogP contribution in [0, 0.1) is 0 Å². The van der Waals surface area contributed by atoms with Crippen LogP contribution >= 0.6 is 11.6 Å². The van der Waals surface area contributed by atoms with Crippen molar-refractivity contribution >= 4 is 17.5 Å². The smallest absolute Gasteiger partial charge is 0.258 e. The van der Waals surface area contributed by atoms with Crippen LogP contribution in [-0.2, 0) is 11.3 Å². The van der Waals surface area contributed by atoms with Crippen molar-refractivity contribution in [1.29, 1.82) is 0 Å². The number of amides is 1. The number of hydrogen-bond acceptors (Lipinski definition) is 4. The number of ether oxygens (including phenoxy) is 2. The Morgan fingerprint density at radius 2 is 1.91 bits per heavy atom. The molecular weight excluding hydrogens is 316 g/mol. The molecule has 130 valence electrons. The zero-order valence-corrected chi connectivity index (χ0v) is 15.5. The van der Waals surface area contributed by atoms with Crippen LogP contribution in [0.2, 0.25) is 5.02 Å². The summed E-state index contributed by atoms with van der Waals surface area (Å²) in [5.41, 5.74) is 0.623. The Morgan fingerprint density at radius 1 is 1.26 bits per heavy atom. The van der Waals surface area contributed by atoms with Gasteiger partial charge in [0, 0.05) is 29.2 Å². The summed E-state index contributed by atoms with van der Waals surface area (Å²) >= 11 is 6.29. The van der Waals surface area contributed by atoms with Crippen LogP contribution in [-0.4, -0.2) is 31.2 Å². The molecule has 23 heavy (non-hydrogen) atoms. The van der Waals surface area contributed by atoms with E-state index in [0.717, 1.165) is 5.56 Å². The maximum absolute atomic E-state index is 11.8. The largest absolute Gasteiger partial charge is 0.493 e. The predicted molar refractivity (Wildman–Crippen MR) is 93.4 cm³/mol. The summed E-state index contributed by atoms with van der Waals surface area (Å²) < 4.78 is 10.9. The minimum atomic E-state index is -0.297. The van der Waals surface area contributed by atoms with E-state index >= 15 is 0 Å². The van der Waals surface area contributed by atoms with E-state index in [2.05, 4.69) is 24.5 Å². The molecule has 2 N–H and O–H groups in total. The second kappa shape index (κ2) is 8.41. The summed E-state index contributed by atoms with van der Waals surface area (Å²) in [4.78, 5) is 11.8. The normalized spacial score (nSPS) is 11.5. The van der Waals surface area contributed by atoms with Gasteiger partial charge in [0.05, 0.1) is 7.11 Å². The Bertz CT molecular complexity index is 539. The van der Waals surface area contributed by atoms with Gasteiger partial charge in [-0.2, -0.15) is 0 Å². The summed E-state index contributed by atoms with van der Waals surface area (Å²) in [6.07, 6.45) is 0. The van der Waals surface area contributed by atoms with Gasteiger partial charge in [-0.05, 0) is 32.4 Å². The van der Waals surface area contributed by atoms with Gasteiger partial charge in [-0.1, -0.05) is 25.4 Å². The number of nitrogens with one attached hydrogen (secondary N) is 2. The summed E-state index contributed by atoms with van der Waals surface area (Å²) in [6.45, 7) is 10.4. The van der Waals surface area contributed by atoms with Crippen LogP contribution < -0.4 is 20.1 Å². The highest BCUT2D eigenvalue weighted by Gasteiger charge is 2.16. The molecule has 0 saturated carbocycles. The lowest BCUT2D eigenvalue weighted by atomic mass is 10.1. The quantitative estimate of drug-likeness (QED) is 0.799. The van der Waals surface area contributed by atoms with Gasteiger partial charge in [0.15, 0.2) is 18.1 Å². The summed E-state index contributed by atoms with van der Waals surface area (Å²) in [5.74, 6) is 0.814. The molecule has 0 bridgehead atoms. The zero-order chi connectivity index (χ0) is 17.6. The van der Waals surface area contributed by atoms with Crippen molar-refractivity contribution in [3.63, 3.8) is 0 Å². The number of carbonyl (C=O) groups is 1. The van der Waals surface area contributed by atoms with Crippen molar-refractivity contribution in [2.45, 2.75) is 52.7 Å². The fourth-order valence-corrected chi connectivity index (χ4v) is 2.12. The Kier molecular flexibility index (Phi) is 7.16. The molecule has 0 saturated heterocycles. The van der Waals surface area contributed by atoms with Crippen LogP contribution in [0.25, 0.3) is 0 Å². The average molecular weight is 343 g/mol. The molecule has 0 fully saturated rings. The molecule has 5 nitrogen and oxygen atoms in total. The number of benzene rings is 1. The summed E-state index contributed by atoms with van der Waals surface area (Å²) in [7, 11) is 1.56. The molecule has 0 unspecified atom stereocenters. The average Bonchev–Trinajstić information content (AvgIpc) is 2.41. The molecule has 1 amide bonds. The summed E-state index contributed by atoms with van der Waals surface area (Å²) in [6, 6.07) is 3.87. The van der Waals surface area contributed by atoms with Crippen molar-refractivity contribution in [1.82, 2.24) is 10.6 Å². The van der Waals surface area contributed by atoms with Crippen LogP contribution in [0.1, 0.15) is 40.2 Å². The lowest BCUT2D eigenvalue weighted by Gasteiger charge is -2.21. The van der Waals surface area contributed by atoms with Gasteiger partial charge < -0.3 is 20.1 Å². The maximum Gasteiger partial charge on any atom is 0.258 e. The third-order valence-corrected chi connectivity index (χ3v) is 3.26. The fraction of sp³-hybridized carbons (Fsp3) is 0.588. The molecule has 6 heteroatoms. The third kappa shape index (κ3) is 7.10. The SMILES string of the molecule is COc1cc(CNC(C)C)c(Cl)cc1OCC(=O)NC(C)(C)C. The standard InChI is InChI=1S/C17H27ClN2O3/c1-11(2)19-9-12-7-14(22-6)15(8-13(12)18)23-10-16(21)20-17(3,4)5/h7-8,11,19H,9-10H2,1-6H3,(H,20,21). The second-order valence-corrected chi connectivity index (χ2v) is 7.12.